The van der Waals surface area contributed by atoms with Crippen molar-refractivity contribution < 1.29 is 28.8 Å². The standard InChI is InChI=1S/C42H86NO6P.H3N/c1-3-5-7-9-11-13-15-17-18-19-20-21-22-23-24-26-28-30-32-34-36-38-42(45)43-40(39-49-50(46,47)48)41(44)37-35-33-31-29-27-25-16-14-12-10-8-6-4-2;/h40-41,44H,3-39H2,1-2H3,(H,43,45)(H2,46,47,48);1H3/t40-,41+;/m0./s1. The summed E-state index contributed by atoms with van der Waals surface area (Å²) in [5, 5.41) is 13.5. The van der Waals surface area contributed by atoms with Crippen molar-refractivity contribution >= 4 is 13.7 Å². The second kappa shape index (κ2) is 40.7. The molecule has 0 spiro atoms. The van der Waals surface area contributed by atoms with Crippen LogP contribution in [0.15, 0.2) is 0 Å². The van der Waals surface area contributed by atoms with Crippen LogP contribution in [0.5, 0.6) is 0 Å². The van der Waals surface area contributed by atoms with Crippen molar-refractivity contribution in [3.8, 4) is 0 Å². The number of phosphoric ester groups is 1. The fourth-order valence-electron chi connectivity index (χ4n) is 7.00. The van der Waals surface area contributed by atoms with Crippen LogP contribution >= 0.6 is 7.82 Å². The highest BCUT2D eigenvalue weighted by atomic mass is 31.2. The normalized spacial score (nSPS) is 12.9. The zero-order valence-corrected chi connectivity index (χ0v) is 34.9. The maximum Gasteiger partial charge on any atom is 0.469 e. The summed E-state index contributed by atoms with van der Waals surface area (Å²) in [4.78, 5) is 30.9. The van der Waals surface area contributed by atoms with Gasteiger partial charge in [-0.3, -0.25) is 9.32 Å². The van der Waals surface area contributed by atoms with Crippen molar-refractivity contribution in [3.63, 3.8) is 0 Å². The number of amides is 1. The summed E-state index contributed by atoms with van der Waals surface area (Å²) in [6.07, 6.45) is 43.8. The molecule has 0 aliphatic rings. The fraction of sp³-hybridized carbons (Fsp3) is 0.976. The topological polar surface area (TPSA) is 151 Å². The molecule has 0 saturated heterocycles. The Morgan fingerprint density at radius 2 is 0.784 bits per heavy atom. The van der Waals surface area contributed by atoms with Gasteiger partial charge in [0.1, 0.15) is 0 Å². The Morgan fingerprint density at radius 3 is 1.08 bits per heavy atom. The Kier molecular flexibility index (Phi) is 42.0. The van der Waals surface area contributed by atoms with E-state index in [-0.39, 0.29) is 12.1 Å². The lowest BCUT2D eigenvalue weighted by molar-refractivity contribution is -0.123. The van der Waals surface area contributed by atoms with Crippen molar-refractivity contribution in [1.29, 1.82) is 0 Å². The molecular formula is C42H89N2O6P. The Bertz CT molecular complexity index is 753. The van der Waals surface area contributed by atoms with Crippen LogP contribution in [-0.2, 0) is 13.9 Å². The van der Waals surface area contributed by atoms with Crippen LogP contribution < -0.4 is 11.5 Å². The molecule has 1 amide bonds. The van der Waals surface area contributed by atoms with Crippen molar-refractivity contribution in [2.24, 2.45) is 0 Å². The van der Waals surface area contributed by atoms with E-state index in [1.807, 2.05) is 0 Å². The first-order valence-corrected chi connectivity index (χ1v) is 23.5. The van der Waals surface area contributed by atoms with Crippen LogP contribution in [0.1, 0.15) is 245 Å². The zero-order chi connectivity index (χ0) is 36.8. The number of carbonyl (C=O) groups is 1. The van der Waals surface area contributed by atoms with E-state index in [4.69, 9.17) is 9.79 Å². The molecule has 7 N–H and O–H groups in total. The maximum atomic E-state index is 12.6. The fourth-order valence-corrected chi connectivity index (χ4v) is 7.35. The minimum Gasteiger partial charge on any atom is -0.391 e. The highest BCUT2D eigenvalue weighted by Crippen LogP contribution is 2.36. The average molecular weight is 749 g/mol. The summed E-state index contributed by atoms with van der Waals surface area (Å²) < 4.78 is 16.0. The Balaban J connectivity index is 0. The minimum atomic E-state index is -4.68. The summed E-state index contributed by atoms with van der Waals surface area (Å²) in [5.74, 6) is -0.188. The summed E-state index contributed by atoms with van der Waals surface area (Å²) in [5.41, 5.74) is 0. The second-order valence-electron chi connectivity index (χ2n) is 15.4. The number of hydrogen-bond donors (Lipinski definition) is 5. The molecule has 0 aliphatic heterocycles. The zero-order valence-electron chi connectivity index (χ0n) is 34.0. The van der Waals surface area contributed by atoms with Crippen LogP contribution in [0.25, 0.3) is 0 Å². The van der Waals surface area contributed by atoms with Crippen molar-refractivity contribution in [2.45, 2.75) is 257 Å². The van der Waals surface area contributed by atoms with Gasteiger partial charge in [0, 0.05) is 6.42 Å². The molecule has 0 aromatic rings. The van der Waals surface area contributed by atoms with Gasteiger partial charge in [-0.25, -0.2) is 4.57 Å². The summed E-state index contributed by atoms with van der Waals surface area (Å²) >= 11 is 0. The first-order chi connectivity index (χ1) is 24.3. The van der Waals surface area contributed by atoms with Crippen LogP contribution in [0, 0.1) is 0 Å². The number of carbonyl (C=O) groups excluding carboxylic acids is 1. The Morgan fingerprint density at radius 1 is 0.510 bits per heavy atom. The van der Waals surface area contributed by atoms with Gasteiger partial charge in [-0.05, 0) is 12.8 Å². The Labute approximate surface area is 317 Å². The van der Waals surface area contributed by atoms with Gasteiger partial charge in [0.15, 0.2) is 0 Å². The highest BCUT2D eigenvalue weighted by Gasteiger charge is 2.25. The van der Waals surface area contributed by atoms with E-state index in [0.29, 0.717) is 12.8 Å². The molecule has 51 heavy (non-hydrogen) atoms. The maximum absolute atomic E-state index is 12.6. The molecular weight excluding hydrogens is 659 g/mol. The van der Waals surface area contributed by atoms with E-state index >= 15 is 0 Å². The van der Waals surface area contributed by atoms with Gasteiger partial charge < -0.3 is 26.4 Å². The monoisotopic (exact) mass is 749 g/mol. The average Bonchev–Trinajstić information content (AvgIpc) is 3.08. The van der Waals surface area contributed by atoms with E-state index in [1.54, 1.807) is 0 Å². The molecule has 308 valence electrons. The third kappa shape index (κ3) is 42.1. The predicted octanol–water partition coefficient (Wildman–Crippen LogP) is 13.2. The molecule has 0 radical (unpaired) electrons. The van der Waals surface area contributed by atoms with E-state index in [2.05, 4.69) is 23.7 Å². The number of nitrogens with one attached hydrogen (secondary N) is 1. The molecule has 0 heterocycles. The third-order valence-corrected chi connectivity index (χ3v) is 10.8. The van der Waals surface area contributed by atoms with Gasteiger partial charge in [-0.15, -0.1) is 0 Å². The lowest BCUT2D eigenvalue weighted by Crippen LogP contribution is -2.46. The lowest BCUT2D eigenvalue weighted by Gasteiger charge is -2.24. The number of aliphatic hydroxyl groups is 1. The molecule has 0 aromatic carbocycles. The van der Waals surface area contributed by atoms with Gasteiger partial charge in [-0.1, -0.05) is 226 Å². The molecule has 0 aliphatic carbocycles. The van der Waals surface area contributed by atoms with Gasteiger partial charge in [0.25, 0.3) is 0 Å². The van der Waals surface area contributed by atoms with Crippen LogP contribution in [0.4, 0.5) is 0 Å². The third-order valence-electron chi connectivity index (χ3n) is 10.3. The quantitative estimate of drug-likeness (QED) is 0.0308. The van der Waals surface area contributed by atoms with E-state index in [9.17, 15) is 14.5 Å². The summed E-state index contributed by atoms with van der Waals surface area (Å²) in [7, 11) is -4.68. The molecule has 0 unspecified atom stereocenters. The largest absolute Gasteiger partial charge is 0.469 e. The molecule has 0 rings (SSSR count). The summed E-state index contributed by atoms with van der Waals surface area (Å²) in [6, 6.07) is -0.817. The molecule has 0 fully saturated rings. The molecule has 8 nitrogen and oxygen atoms in total. The van der Waals surface area contributed by atoms with E-state index < -0.39 is 26.6 Å². The molecule has 0 bridgehead atoms. The molecule has 2 atom stereocenters. The minimum absolute atomic E-state index is 0. The van der Waals surface area contributed by atoms with Crippen molar-refractivity contribution in [1.82, 2.24) is 11.5 Å². The van der Waals surface area contributed by atoms with Gasteiger partial charge >= 0.3 is 7.82 Å². The van der Waals surface area contributed by atoms with Crippen LogP contribution in [-0.4, -0.2) is 39.6 Å². The number of phosphoric acid groups is 1. The van der Waals surface area contributed by atoms with Crippen molar-refractivity contribution in [3.05, 3.63) is 0 Å². The van der Waals surface area contributed by atoms with Crippen molar-refractivity contribution in [2.75, 3.05) is 6.61 Å². The summed E-state index contributed by atoms with van der Waals surface area (Å²) in [6.45, 7) is 4.14. The molecule has 0 aromatic heterocycles. The Hall–Kier alpha value is -0.500. The molecule has 9 heteroatoms. The first kappa shape index (κ1) is 52.6. The first-order valence-electron chi connectivity index (χ1n) is 22.0. The smallest absolute Gasteiger partial charge is 0.391 e. The van der Waals surface area contributed by atoms with E-state index in [1.165, 1.54) is 180 Å². The van der Waals surface area contributed by atoms with Crippen LogP contribution in [0.2, 0.25) is 0 Å². The van der Waals surface area contributed by atoms with Gasteiger partial charge in [-0.2, -0.15) is 0 Å². The highest BCUT2D eigenvalue weighted by molar-refractivity contribution is 7.46. The SMILES string of the molecule is CCCCCCCCCCCCCCCCCCCCCCCC(=O)N[C@@H](COP(=O)(O)O)[C@H](O)CCCCCCCCCCCCCCC.N. The molecule has 0 saturated carbocycles. The predicted molar refractivity (Wildman–Crippen MR) is 219 cm³/mol. The van der Waals surface area contributed by atoms with Gasteiger partial charge in [0.2, 0.25) is 5.91 Å². The second-order valence-corrected chi connectivity index (χ2v) is 16.6. The van der Waals surface area contributed by atoms with Gasteiger partial charge in [0.05, 0.1) is 18.8 Å². The number of rotatable bonds is 41. The van der Waals surface area contributed by atoms with E-state index in [0.717, 1.165) is 38.5 Å². The number of aliphatic hydroxyl groups excluding tert-OH is 1. The lowest BCUT2D eigenvalue weighted by atomic mass is 10.0. The number of hydrogen-bond acceptors (Lipinski definition) is 5. The number of unbranched alkanes of at least 4 members (excludes halogenated alkanes) is 32. The van der Waals surface area contributed by atoms with Crippen LogP contribution in [0.3, 0.4) is 0 Å².